The van der Waals surface area contributed by atoms with E-state index in [9.17, 15) is 9.90 Å². The molecule has 1 aliphatic carbocycles. The van der Waals surface area contributed by atoms with Crippen LogP contribution in [0.1, 0.15) is 45.4 Å². The number of amides is 1. The van der Waals surface area contributed by atoms with Crippen molar-refractivity contribution in [3.63, 3.8) is 0 Å². The van der Waals surface area contributed by atoms with Gasteiger partial charge in [-0.2, -0.15) is 0 Å². The maximum absolute atomic E-state index is 10.8. The average molecular weight is 228 g/mol. The van der Waals surface area contributed by atoms with Gasteiger partial charge < -0.3 is 10.8 Å². The zero-order chi connectivity index (χ0) is 12.0. The van der Waals surface area contributed by atoms with Crippen LogP contribution in [0.25, 0.3) is 0 Å². The molecule has 0 bridgehead atoms. The molecule has 1 amide bonds. The van der Waals surface area contributed by atoms with Crippen LogP contribution in [-0.2, 0) is 4.79 Å². The first-order valence-electron chi connectivity index (χ1n) is 6.26. The number of aliphatic hydroxyl groups excluding tert-OH is 1. The topological polar surface area (TPSA) is 66.6 Å². The SMILES string of the molecule is CC(CC(N)=O)N(CO)CC1CCCCC1. The van der Waals surface area contributed by atoms with Crippen molar-refractivity contribution in [2.45, 2.75) is 51.5 Å². The van der Waals surface area contributed by atoms with Gasteiger partial charge in [-0.25, -0.2) is 0 Å². The molecule has 0 aromatic carbocycles. The lowest BCUT2D eigenvalue weighted by Crippen LogP contribution is -2.40. The van der Waals surface area contributed by atoms with Crippen molar-refractivity contribution in [3.8, 4) is 0 Å². The fourth-order valence-corrected chi connectivity index (χ4v) is 2.50. The minimum atomic E-state index is -0.297. The fraction of sp³-hybridized carbons (Fsp3) is 0.917. The summed E-state index contributed by atoms with van der Waals surface area (Å²) < 4.78 is 0. The zero-order valence-corrected chi connectivity index (χ0v) is 10.2. The van der Waals surface area contributed by atoms with Gasteiger partial charge in [0.15, 0.2) is 0 Å². The van der Waals surface area contributed by atoms with E-state index >= 15 is 0 Å². The second-order valence-electron chi connectivity index (χ2n) is 4.94. The molecule has 1 fully saturated rings. The monoisotopic (exact) mass is 228 g/mol. The summed E-state index contributed by atoms with van der Waals surface area (Å²) in [6, 6.07) is 0.0458. The number of carbonyl (C=O) groups excluding carboxylic acids is 1. The Hall–Kier alpha value is -0.610. The molecular formula is C12H24N2O2. The predicted molar refractivity (Wildman–Crippen MR) is 63.6 cm³/mol. The minimum Gasteiger partial charge on any atom is -0.381 e. The molecule has 16 heavy (non-hydrogen) atoms. The molecule has 0 spiro atoms. The lowest BCUT2D eigenvalue weighted by atomic mass is 9.88. The normalized spacial score (nSPS) is 19.9. The number of rotatable bonds is 6. The molecule has 4 heteroatoms. The zero-order valence-electron chi connectivity index (χ0n) is 10.2. The Morgan fingerprint density at radius 1 is 1.44 bits per heavy atom. The van der Waals surface area contributed by atoms with Crippen LogP contribution >= 0.6 is 0 Å². The number of nitrogens with two attached hydrogens (primary N) is 1. The standard InChI is InChI=1S/C12H24N2O2/c1-10(7-12(13)16)14(9-15)8-11-5-3-2-4-6-11/h10-11,15H,2-9H2,1H3,(H2,13,16). The van der Waals surface area contributed by atoms with Gasteiger partial charge in [0.25, 0.3) is 0 Å². The predicted octanol–water partition coefficient (Wildman–Crippen LogP) is 1.08. The summed E-state index contributed by atoms with van der Waals surface area (Å²) in [6.45, 7) is 2.86. The lowest BCUT2D eigenvalue weighted by molar-refractivity contribution is -0.119. The van der Waals surface area contributed by atoms with E-state index < -0.39 is 0 Å². The minimum absolute atomic E-state index is 0.0188. The van der Waals surface area contributed by atoms with E-state index in [4.69, 9.17) is 5.73 Å². The number of hydrogen-bond donors (Lipinski definition) is 2. The molecule has 1 saturated carbocycles. The quantitative estimate of drug-likeness (QED) is 0.669. The van der Waals surface area contributed by atoms with Crippen LogP contribution < -0.4 is 5.73 Å². The molecule has 0 radical (unpaired) electrons. The van der Waals surface area contributed by atoms with Crippen molar-refractivity contribution < 1.29 is 9.90 Å². The van der Waals surface area contributed by atoms with Gasteiger partial charge in [0, 0.05) is 19.0 Å². The Bertz CT molecular complexity index is 215. The highest BCUT2D eigenvalue weighted by atomic mass is 16.3. The van der Waals surface area contributed by atoms with E-state index in [1.807, 2.05) is 11.8 Å². The van der Waals surface area contributed by atoms with Crippen molar-refractivity contribution in [1.82, 2.24) is 4.90 Å². The third-order valence-electron chi connectivity index (χ3n) is 3.52. The van der Waals surface area contributed by atoms with E-state index in [1.54, 1.807) is 0 Å². The van der Waals surface area contributed by atoms with Crippen LogP contribution in [0.4, 0.5) is 0 Å². The Morgan fingerprint density at radius 3 is 2.56 bits per heavy atom. The maximum atomic E-state index is 10.8. The van der Waals surface area contributed by atoms with Crippen LogP contribution in [0.15, 0.2) is 0 Å². The maximum Gasteiger partial charge on any atom is 0.218 e. The van der Waals surface area contributed by atoms with Crippen molar-refractivity contribution in [2.75, 3.05) is 13.3 Å². The van der Waals surface area contributed by atoms with Crippen molar-refractivity contribution >= 4 is 5.91 Å². The van der Waals surface area contributed by atoms with Gasteiger partial charge in [-0.3, -0.25) is 9.69 Å². The second-order valence-corrected chi connectivity index (χ2v) is 4.94. The summed E-state index contributed by atoms with van der Waals surface area (Å²) in [5.74, 6) is 0.380. The molecule has 1 rings (SSSR count). The van der Waals surface area contributed by atoms with E-state index in [0.717, 1.165) is 6.54 Å². The van der Waals surface area contributed by atoms with Gasteiger partial charge in [-0.05, 0) is 25.7 Å². The van der Waals surface area contributed by atoms with Gasteiger partial charge in [-0.1, -0.05) is 19.3 Å². The Labute approximate surface area is 97.8 Å². The van der Waals surface area contributed by atoms with E-state index in [-0.39, 0.29) is 18.7 Å². The molecule has 1 unspecified atom stereocenters. The van der Waals surface area contributed by atoms with E-state index in [2.05, 4.69) is 0 Å². The van der Waals surface area contributed by atoms with Crippen LogP contribution in [0.5, 0.6) is 0 Å². The van der Waals surface area contributed by atoms with Crippen molar-refractivity contribution in [2.24, 2.45) is 11.7 Å². The van der Waals surface area contributed by atoms with E-state index in [1.165, 1.54) is 32.1 Å². The Kier molecular flexibility index (Phi) is 5.77. The van der Waals surface area contributed by atoms with Crippen molar-refractivity contribution in [3.05, 3.63) is 0 Å². The molecule has 1 atom stereocenters. The third kappa shape index (κ3) is 4.49. The summed E-state index contributed by atoms with van der Waals surface area (Å²) in [7, 11) is 0. The van der Waals surface area contributed by atoms with Gasteiger partial charge in [0.2, 0.25) is 5.91 Å². The number of nitrogens with zero attached hydrogens (tertiary/aromatic N) is 1. The summed E-state index contributed by atoms with van der Waals surface area (Å²) >= 11 is 0. The number of primary amides is 1. The molecular weight excluding hydrogens is 204 g/mol. The third-order valence-corrected chi connectivity index (χ3v) is 3.52. The van der Waals surface area contributed by atoms with Crippen LogP contribution in [0.2, 0.25) is 0 Å². The molecule has 0 aromatic heterocycles. The van der Waals surface area contributed by atoms with Gasteiger partial charge in [0.05, 0.1) is 6.73 Å². The first-order valence-corrected chi connectivity index (χ1v) is 6.26. The largest absolute Gasteiger partial charge is 0.381 e. The highest BCUT2D eigenvalue weighted by Gasteiger charge is 2.21. The smallest absolute Gasteiger partial charge is 0.218 e. The van der Waals surface area contributed by atoms with Gasteiger partial charge >= 0.3 is 0 Å². The van der Waals surface area contributed by atoms with E-state index in [0.29, 0.717) is 12.3 Å². The molecule has 1 aliphatic rings. The molecule has 0 aliphatic heterocycles. The number of aliphatic hydroxyl groups is 1. The highest BCUT2D eigenvalue weighted by Crippen LogP contribution is 2.25. The molecule has 0 aromatic rings. The average Bonchev–Trinajstić information content (AvgIpc) is 2.26. The summed E-state index contributed by atoms with van der Waals surface area (Å²) in [5, 5.41) is 9.31. The van der Waals surface area contributed by atoms with Crippen molar-refractivity contribution in [1.29, 1.82) is 0 Å². The summed E-state index contributed by atoms with van der Waals surface area (Å²) in [5.41, 5.74) is 5.17. The van der Waals surface area contributed by atoms with Crippen LogP contribution in [-0.4, -0.2) is 35.2 Å². The Morgan fingerprint density at radius 2 is 2.06 bits per heavy atom. The fourth-order valence-electron chi connectivity index (χ4n) is 2.50. The number of carbonyl (C=O) groups is 1. The van der Waals surface area contributed by atoms with Gasteiger partial charge in [-0.15, -0.1) is 0 Å². The number of hydrogen-bond acceptors (Lipinski definition) is 3. The second kappa shape index (κ2) is 6.86. The summed E-state index contributed by atoms with van der Waals surface area (Å²) in [4.78, 5) is 12.8. The first-order chi connectivity index (χ1) is 7.63. The highest BCUT2D eigenvalue weighted by molar-refractivity contribution is 5.74. The molecule has 94 valence electrons. The lowest BCUT2D eigenvalue weighted by Gasteiger charge is -2.32. The molecule has 0 heterocycles. The molecule has 4 nitrogen and oxygen atoms in total. The van der Waals surface area contributed by atoms with Crippen LogP contribution in [0, 0.1) is 5.92 Å². The van der Waals surface area contributed by atoms with Gasteiger partial charge in [0.1, 0.15) is 0 Å². The Balaban J connectivity index is 2.37. The summed E-state index contributed by atoms with van der Waals surface area (Å²) in [6.07, 6.45) is 6.77. The molecule has 0 saturated heterocycles. The first kappa shape index (κ1) is 13.5. The van der Waals surface area contributed by atoms with Crippen LogP contribution in [0.3, 0.4) is 0 Å². The molecule has 3 N–H and O–H groups in total.